The first-order valence-electron chi connectivity index (χ1n) is 13.9. The smallest absolute Gasteiger partial charge is 0.293 e. The molecule has 4 heterocycles. The molecule has 2 aliphatic heterocycles. The molecule has 42 heavy (non-hydrogen) atoms. The van der Waals surface area contributed by atoms with Crippen molar-refractivity contribution in [3.05, 3.63) is 76.0 Å². The molecule has 2 amide bonds. The molecule has 2 aromatic carbocycles. The van der Waals surface area contributed by atoms with E-state index in [9.17, 15) is 9.59 Å². The van der Waals surface area contributed by atoms with Crippen LogP contribution in [0.5, 0.6) is 5.75 Å². The number of ether oxygens (including phenoxy) is 1. The zero-order valence-electron chi connectivity index (χ0n) is 23.3. The summed E-state index contributed by atoms with van der Waals surface area (Å²) in [6, 6.07) is 12.2. The van der Waals surface area contributed by atoms with E-state index in [0.29, 0.717) is 54.0 Å². The first-order valence-corrected chi connectivity index (χ1v) is 14.7. The van der Waals surface area contributed by atoms with E-state index >= 15 is 0 Å². The summed E-state index contributed by atoms with van der Waals surface area (Å²) < 4.78 is 8.46. The van der Waals surface area contributed by atoms with E-state index < -0.39 is 6.04 Å². The predicted molar refractivity (Wildman–Crippen MR) is 158 cm³/mol. The van der Waals surface area contributed by atoms with Crippen LogP contribution in [0.2, 0.25) is 10.0 Å². The quantitative estimate of drug-likeness (QED) is 0.298. The lowest BCUT2D eigenvalue weighted by molar-refractivity contribution is -0.123. The molecule has 2 unspecified atom stereocenters. The molecule has 13 heteroatoms. The first kappa shape index (κ1) is 28.2. The molecule has 0 bridgehead atoms. The highest BCUT2D eigenvalue weighted by Gasteiger charge is 2.35. The van der Waals surface area contributed by atoms with E-state index in [4.69, 9.17) is 27.9 Å². The maximum absolute atomic E-state index is 13.4. The third-order valence-electron chi connectivity index (χ3n) is 7.87. The number of aryl methyl sites for hydroxylation is 1. The topological polar surface area (TPSA) is 111 Å². The third kappa shape index (κ3) is 5.22. The minimum absolute atomic E-state index is 0.00942. The molecule has 11 nitrogen and oxygen atoms in total. The number of anilines is 1. The number of para-hydroxylation sites is 1. The SMILES string of the molecule is CCc1nc(C(=O)N2CCC(c3cn(C4CCCN(c5ccc(OC)cc5)C4=O)nn3)C2)nn1-c1c(Cl)cccc1Cl. The number of halogens is 2. The normalized spacial score (nSPS) is 19.0. The fraction of sp³-hybridized carbons (Fsp3) is 0.379. The lowest BCUT2D eigenvalue weighted by Crippen LogP contribution is -2.42. The number of carbonyl (C=O) groups is 2. The number of rotatable bonds is 7. The van der Waals surface area contributed by atoms with Crippen molar-refractivity contribution in [2.45, 2.75) is 44.6 Å². The van der Waals surface area contributed by atoms with Crippen LogP contribution in [0.25, 0.3) is 5.69 Å². The molecular weight excluding hydrogens is 579 g/mol. The molecule has 2 aromatic heterocycles. The summed E-state index contributed by atoms with van der Waals surface area (Å²) in [5.41, 5.74) is 2.09. The van der Waals surface area contributed by atoms with Gasteiger partial charge in [0, 0.05) is 43.9 Å². The molecule has 2 aliphatic rings. The molecule has 218 valence electrons. The summed E-state index contributed by atoms with van der Waals surface area (Å²) in [6.45, 7) is 3.57. The van der Waals surface area contributed by atoms with Crippen molar-refractivity contribution < 1.29 is 14.3 Å². The molecule has 2 saturated heterocycles. The standard InChI is InChI=1S/C29H30Cl2N8O3/c1-3-25-32-27(34-39(25)26-21(30)6-4-7-22(26)31)29(41)36-15-13-18(16-36)23-17-38(35-33-23)24-8-5-14-37(28(24)40)19-9-11-20(42-2)12-10-19/h4,6-7,9-12,17-18,24H,3,5,8,13-16H2,1-2H3. The zero-order chi connectivity index (χ0) is 29.4. The van der Waals surface area contributed by atoms with Crippen LogP contribution in [-0.4, -0.2) is 73.2 Å². The highest BCUT2D eigenvalue weighted by molar-refractivity contribution is 6.37. The first-order chi connectivity index (χ1) is 20.4. The Bertz CT molecular complexity index is 1600. The van der Waals surface area contributed by atoms with Crippen molar-refractivity contribution >= 4 is 40.7 Å². The number of methoxy groups -OCH3 is 1. The average Bonchev–Trinajstić information content (AvgIpc) is 3.77. The Morgan fingerprint density at radius 1 is 1.07 bits per heavy atom. The van der Waals surface area contributed by atoms with Gasteiger partial charge in [0.1, 0.15) is 23.3 Å². The number of hydrogen-bond acceptors (Lipinski definition) is 7. The summed E-state index contributed by atoms with van der Waals surface area (Å²) in [5.74, 6) is 1.14. The van der Waals surface area contributed by atoms with Gasteiger partial charge in [0.15, 0.2) is 0 Å². The monoisotopic (exact) mass is 608 g/mol. The van der Waals surface area contributed by atoms with Gasteiger partial charge < -0.3 is 14.5 Å². The number of aromatic nitrogens is 6. The van der Waals surface area contributed by atoms with Crippen molar-refractivity contribution in [1.82, 2.24) is 34.7 Å². The van der Waals surface area contributed by atoms with Crippen molar-refractivity contribution in [2.24, 2.45) is 0 Å². The fourth-order valence-electron chi connectivity index (χ4n) is 5.61. The molecule has 0 saturated carbocycles. The van der Waals surface area contributed by atoms with E-state index in [1.54, 1.807) is 44.5 Å². The minimum Gasteiger partial charge on any atom is -0.497 e. The third-order valence-corrected chi connectivity index (χ3v) is 8.48. The minimum atomic E-state index is -0.432. The molecule has 0 spiro atoms. The number of carbonyl (C=O) groups excluding carboxylic acids is 2. The van der Waals surface area contributed by atoms with E-state index in [0.717, 1.165) is 30.0 Å². The van der Waals surface area contributed by atoms with E-state index in [-0.39, 0.29) is 23.6 Å². The largest absolute Gasteiger partial charge is 0.497 e. The molecule has 2 atom stereocenters. The summed E-state index contributed by atoms with van der Waals surface area (Å²) in [7, 11) is 1.62. The van der Waals surface area contributed by atoms with Gasteiger partial charge in [-0.05, 0) is 55.7 Å². The molecule has 0 radical (unpaired) electrons. The van der Waals surface area contributed by atoms with Crippen LogP contribution < -0.4 is 9.64 Å². The maximum atomic E-state index is 13.4. The highest BCUT2D eigenvalue weighted by atomic mass is 35.5. The summed E-state index contributed by atoms with van der Waals surface area (Å²) in [5, 5.41) is 14.1. The molecule has 6 rings (SSSR count). The van der Waals surface area contributed by atoms with Gasteiger partial charge in [-0.15, -0.1) is 10.2 Å². The van der Waals surface area contributed by atoms with Crippen LogP contribution >= 0.6 is 23.2 Å². The van der Waals surface area contributed by atoms with Crippen molar-refractivity contribution in [1.29, 1.82) is 0 Å². The summed E-state index contributed by atoms with van der Waals surface area (Å²) in [4.78, 5) is 34.9. The Labute approximate surface area is 253 Å². The zero-order valence-corrected chi connectivity index (χ0v) is 24.8. The van der Waals surface area contributed by atoms with Gasteiger partial charge in [-0.1, -0.05) is 41.4 Å². The Kier molecular flexibility index (Phi) is 7.87. The Hall–Kier alpha value is -3.96. The van der Waals surface area contributed by atoms with Gasteiger partial charge in [0.05, 0.1) is 22.8 Å². The van der Waals surface area contributed by atoms with Gasteiger partial charge in [-0.2, -0.15) is 0 Å². The van der Waals surface area contributed by atoms with E-state index in [2.05, 4.69) is 20.4 Å². The number of hydrogen-bond donors (Lipinski definition) is 0. The van der Waals surface area contributed by atoms with E-state index in [1.165, 1.54) is 0 Å². The summed E-state index contributed by atoms with van der Waals surface area (Å²) >= 11 is 12.8. The average molecular weight is 610 g/mol. The van der Waals surface area contributed by atoms with Crippen LogP contribution in [0.1, 0.15) is 60.3 Å². The van der Waals surface area contributed by atoms with Gasteiger partial charge in [0.25, 0.3) is 11.8 Å². The second-order valence-corrected chi connectivity index (χ2v) is 11.2. The van der Waals surface area contributed by atoms with Gasteiger partial charge in [-0.25, -0.2) is 14.3 Å². The van der Waals surface area contributed by atoms with Crippen LogP contribution in [0.15, 0.2) is 48.7 Å². The number of piperidine rings is 1. The van der Waals surface area contributed by atoms with Crippen molar-refractivity contribution in [2.75, 3.05) is 31.6 Å². The Morgan fingerprint density at radius 3 is 2.55 bits per heavy atom. The number of likely N-dealkylation sites (tertiary alicyclic amines) is 1. The molecule has 4 aromatic rings. The van der Waals surface area contributed by atoms with Gasteiger partial charge in [-0.3, -0.25) is 9.59 Å². The summed E-state index contributed by atoms with van der Waals surface area (Å²) in [6.07, 6.45) is 4.65. The second kappa shape index (κ2) is 11.7. The van der Waals surface area contributed by atoms with Gasteiger partial charge in [0.2, 0.25) is 5.82 Å². The molecule has 0 N–H and O–H groups in total. The van der Waals surface area contributed by atoms with Crippen molar-refractivity contribution in [3.63, 3.8) is 0 Å². The Morgan fingerprint density at radius 2 is 1.83 bits per heavy atom. The number of benzene rings is 2. The fourth-order valence-corrected chi connectivity index (χ4v) is 6.17. The van der Waals surface area contributed by atoms with E-state index in [1.807, 2.05) is 37.4 Å². The Balaban J connectivity index is 1.15. The van der Waals surface area contributed by atoms with Gasteiger partial charge >= 0.3 is 0 Å². The van der Waals surface area contributed by atoms with Crippen LogP contribution in [0.4, 0.5) is 5.69 Å². The molecule has 0 aliphatic carbocycles. The second-order valence-electron chi connectivity index (χ2n) is 10.4. The van der Waals surface area contributed by atoms with Crippen LogP contribution in [0, 0.1) is 0 Å². The van der Waals surface area contributed by atoms with Crippen LogP contribution in [-0.2, 0) is 11.2 Å². The number of nitrogens with zero attached hydrogens (tertiary/aromatic N) is 8. The van der Waals surface area contributed by atoms with Crippen molar-refractivity contribution in [3.8, 4) is 11.4 Å². The van der Waals surface area contributed by atoms with Crippen LogP contribution in [0.3, 0.4) is 0 Å². The number of amides is 2. The molecule has 2 fully saturated rings. The highest BCUT2D eigenvalue weighted by Crippen LogP contribution is 2.32. The predicted octanol–water partition coefficient (Wildman–Crippen LogP) is 4.73. The lowest BCUT2D eigenvalue weighted by Gasteiger charge is -2.32. The molecular formula is C29H30Cl2N8O3. The maximum Gasteiger partial charge on any atom is 0.293 e. The lowest BCUT2D eigenvalue weighted by atomic mass is 10.0.